The van der Waals surface area contributed by atoms with E-state index < -0.39 is 21.9 Å². The van der Waals surface area contributed by atoms with E-state index in [0.717, 1.165) is 5.56 Å². The highest BCUT2D eigenvalue weighted by Gasteiger charge is 2.33. The quantitative estimate of drug-likeness (QED) is 0.205. The first-order valence-electron chi connectivity index (χ1n) is 10.7. The second-order valence-corrected chi connectivity index (χ2v) is 10.3. The Balaban J connectivity index is 1.80. The molecule has 1 amide bonds. The molecule has 0 bridgehead atoms. The second-order valence-electron chi connectivity index (χ2n) is 7.75. The third kappa shape index (κ3) is 5.28. The maximum absolute atomic E-state index is 13.7. The molecule has 4 aromatic carbocycles. The molecule has 0 aliphatic rings. The summed E-state index contributed by atoms with van der Waals surface area (Å²) in [5.41, 5.74) is 1.15. The van der Waals surface area contributed by atoms with Gasteiger partial charge in [0.05, 0.1) is 26.2 Å². The number of carbonyl (C=O) groups excluding carboxylic acids is 2. The molecule has 36 heavy (non-hydrogen) atoms. The number of hydrogen-bond donors (Lipinski definition) is 0. The van der Waals surface area contributed by atoms with Crippen LogP contribution >= 0.6 is 23.2 Å². The smallest absolute Gasteiger partial charge is 0.343 e. The summed E-state index contributed by atoms with van der Waals surface area (Å²) in [6, 6.07) is 24.7. The highest BCUT2D eigenvalue weighted by Crippen LogP contribution is 2.39. The number of carbonyl (C=O) groups is 2. The molecule has 4 rings (SSSR count). The highest BCUT2D eigenvalue weighted by atomic mass is 35.5. The summed E-state index contributed by atoms with van der Waals surface area (Å²) >= 11 is 12.8. The van der Waals surface area contributed by atoms with Gasteiger partial charge >= 0.3 is 5.97 Å². The number of halogens is 2. The average Bonchev–Trinajstić information content (AvgIpc) is 2.87. The van der Waals surface area contributed by atoms with Crippen LogP contribution < -0.4 is 9.04 Å². The van der Waals surface area contributed by atoms with Gasteiger partial charge in [-0.1, -0.05) is 77.3 Å². The Morgan fingerprint density at radius 2 is 1.25 bits per heavy atom. The van der Waals surface area contributed by atoms with Crippen LogP contribution in [0, 0.1) is 6.92 Å². The first kappa shape index (κ1) is 25.4. The minimum Gasteiger partial charge on any atom is -0.420 e. The van der Waals surface area contributed by atoms with Crippen LogP contribution in [0.15, 0.2) is 102 Å². The summed E-state index contributed by atoms with van der Waals surface area (Å²) in [6.07, 6.45) is 0. The number of ether oxygens (including phenoxy) is 1. The molecule has 0 unspecified atom stereocenters. The molecule has 0 aliphatic heterocycles. The van der Waals surface area contributed by atoms with Gasteiger partial charge in [0, 0.05) is 5.56 Å². The molecule has 0 spiro atoms. The number of benzene rings is 4. The Labute approximate surface area is 218 Å². The van der Waals surface area contributed by atoms with Crippen molar-refractivity contribution in [3.63, 3.8) is 0 Å². The Bertz CT molecular complexity index is 1500. The van der Waals surface area contributed by atoms with Crippen LogP contribution in [0.2, 0.25) is 10.0 Å². The van der Waals surface area contributed by atoms with Crippen LogP contribution in [0.1, 0.15) is 26.3 Å². The van der Waals surface area contributed by atoms with Crippen LogP contribution in [-0.4, -0.2) is 20.3 Å². The molecule has 0 atom stereocenters. The molecule has 0 saturated carbocycles. The summed E-state index contributed by atoms with van der Waals surface area (Å²) in [6.45, 7) is 1.82. The fraction of sp³-hybridized carbons (Fsp3) is 0.0370. The van der Waals surface area contributed by atoms with Crippen LogP contribution in [-0.2, 0) is 10.0 Å². The van der Waals surface area contributed by atoms with Crippen LogP contribution in [0.5, 0.6) is 5.75 Å². The number of sulfonamides is 1. The predicted molar refractivity (Wildman–Crippen MR) is 139 cm³/mol. The summed E-state index contributed by atoms with van der Waals surface area (Å²) in [5.74, 6) is -1.66. The average molecular weight is 540 g/mol. The minimum atomic E-state index is -4.37. The Hall–Kier alpha value is -3.65. The molecule has 0 fully saturated rings. The van der Waals surface area contributed by atoms with E-state index in [0.29, 0.717) is 4.31 Å². The van der Waals surface area contributed by atoms with E-state index >= 15 is 0 Å². The molecular weight excluding hydrogens is 521 g/mol. The van der Waals surface area contributed by atoms with Gasteiger partial charge in [0.15, 0.2) is 5.75 Å². The molecule has 0 aliphatic carbocycles. The van der Waals surface area contributed by atoms with Crippen molar-refractivity contribution in [3.05, 3.63) is 124 Å². The van der Waals surface area contributed by atoms with Gasteiger partial charge in [-0.05, 0) is 55.5 Å². The molecule has 9 heteroatoms. The molecule has 0 radical (unpaired) electrons. The predicted octanol–water partition coefficient (Wildman–Crippen LogP) is 6.56. The van der Waals surface area contributed by atoms with Gasteiger partial charge in [-0.25, -0.2) is 13.2 Å². The normalized spacial score (nSPS) is 11.1. The lowest BCUT2D eigenvalue weighted by molar-refractivity contribution is 0.0734. The Kier molecular flexibility index (Phi) is 7.45. The molecule has 0 N–H and O–H groups in total. The van der Waals surface area contributed by atoms with Gasteiger partial charge in [-0.3, -0.25) is 4.79 Å². The minimum absolute atomic E-state index is 0.0933. The first-order chi connectivity index (χ1) is 17.2. The van der Waals surface area contributed by atoms with Crippen LogP contribution in [0.4, 0.5) is 5.69 Å². The fourth-order valence-electron chi connectivity index (χ4n) is 3.37. The summed E-state index contributed by atoms with van der Waals surface area (Å²) in [7, 11) is -4.37. The standard InChI is InChI=1S/C27H19Cl2NO5S/c1-18-12-14-22(15-13-18)36(33,34)30(26(31)19-8-4-2-5-9-19)21-16-23(28)25(24(29)17-21)35-27(32)20-10-6-3-7-11-20/h2-17H,1H3. The monoisotopic (exact) mass is 539 g/mol. The van der Waals surface area contributed by atoms with E-state index in [1.54, 1.807) is 60.7 Å². The number of rotatable bonds is 6. The first-order valence-corrected chi connectivity index (χ1v) is 12.9. The van der Waals surface area contributed by atoms with E-state index in [-0.39, 0.29) is 37.5 Å². The second kappa shape index (κ2) is 10.5. The topological polar surface area (TPSA) is 80.8 Å². The maximum atomic E-state index is 13.7. The summed E-state index contributed by atoms with van der Waals surface area (Å²) in [5, 5.41) is -0.293. The molecule has 4 aromatic rings. The van der Waals surface area contributed by atoms with Crippen molar-refractivity contribution in [2.24, 2.45) is 0 Å². The molecular formula is C27H19Cl2NO5S. The van der Waals surface area contributed by atoms with E-state index in [1.165, 1.54) is 36.4 Å². The zero-order valence-electron chi connectivity index (χ0n) is 18.9. The van der Waals surface area contributed by atoms with Crippen LogP contribution in [0.3, 0.4) is 0 Å². The number of anilines is 1. The molecule has 0 aromatic heterocycles. The maximum Gasteiger partial charge on any atom is 0.343 e. The van der Waals surface area contributed by atoms with E-state index in [2.05, 4.69) is 0 Å². The van der Waals surface area contributed by atoms with E-state index in [1.807, 2.05) is 6.92 Å². The fourth-order valence-corrected chi connectivity index (χ4v) is 5.32. The van der Waals surface area contributed by atoms with Crippen molar-refractivity contribution in [1.29, 1.82) is 0 Å². The number of nitrogens with zero attached hydrogens (tertiary/aromatic N) is 1. The number of hydrogen-bond acceptors (Lipinski definition) is 5. The van der Waals surface area contributed by atoms with Crippen molar-refractivity contribution in [3.8, 4) is 5.75 Å². The number of aryl methyl sites for hydroxylation is 1. The van der Waals surface area contributed by atoms with Crippen molar-refractivity contribution < 1.29 is 22.7 Å². The lowest BCUT2D eigenvalue weighted by Crippen LogP contribution is -2.37. The zero-order chi connectivity index (χ0) is 25.9. The molecule has 0 heterocycles. The van der Waals surface area contributed by atoms with Gasteiger partial charge in [-0.2, -0.15) is 4.31 Å². The van der Waals surface area contributed by atoms with Gasteiger partial charge in [0.25, 0.3) is 15.9 Å². The SMILES string of the molecule is Cc1ccc(S(=O)(=O)N(C(=O)c2ccccc2)c2cc(Cl)c(OC(=O)c3ccccc3)c(Cl)c2)cc1. The van der Waals surface area contributed by atoms with Crippen molar-refractivity contribution in [2.75, 3.05) is 4.31 Å². The lowest BCUT2D eigenvalue weighted by Gasteiger charge is -2.24. The van der Waals surface area contributed by atoms with E-state index in [9.17, 15) is 18.0 Å². The molecule has 182 valence electrons. The zero-order valence-corrected chi connectivity index (χ0v) is 21.2. The Morgan fingerprint density at radius 3 is 1.78 bits per heavy atom. The third-order valence-electron chi connectivity index (χ3n) is 5.19. The van der Waals surface area contributed by atoms with Gasteiger partial charge in [-0.15, -0.1) is 0 Å². The van der Waals surface area contributed by atoms with Crippen molar-refractivity contribution in [2.45, 2.75) is 11.8 Å². The van der Waals surface area contributed by atoms with Crippen molar-refractivity contribution >= 4 is 50.8 Å². The van der Waals surface area contributed by atoms with Crippen molar-refractivity contribution in [1.82, 2.24) is 0 Å². The molecule has 6 nitrogen and oxygen atoms in total. The molecule has 0 saturated heterocycles. The lowest BCUT2D eigenvalue weighted by atomic mass is 10.2. The summed E-state index contributed by atoms with van der Waals surface area (Å²) < 4.78 is 33.3. The highest BCUT2D eigenvalue weighted by molar-refractivity contribution is 7.93. The number of esters is 1. The van der Waals surface area contributed by atoms with Gasteiger partial charge in [0.2, 0.25) is 0 Å². The van der Waals surface area contributed by atoms with Crippen LogP contribution in [0.25, 0.3) is 0 Å². The van der Waals surface area contributed by atoms with Gasteiger partial charge < -0.3 is 4.74 Å². The summed E-state index contributed by atoms with van der Waals surface area (Å²) in [4.78, 5) is 25.9. The number of amides is 1. The van der Waals surface area contributed by atoms with Gasteiger partial charge in [0.1, 0.15) is 0 Å². The Morgan fingerprint density at radius 1 is 0.750 bits per heavy atom. The van der Waals surface area contributed by atoms with E-state index in [4.69, 9.17) is 27.9 Å². The third-order valence-corrected chi connectivity index (χ3v) is 7.47. The largest absolute Gasteiger partial charge is 0.420 e.